The second-order valence-corrected chi connectivity index (χ2v) is 9.01. The Morgan fingerprint density at radius 3 is 2.52 bits per heavy atom. The Bertz CT molecular complexity index is 974. The molecule has 168 valence electrons. The third-order valence-electron chi connectivity index (χ3n) is 5.05. The van der Waals surface area contributed by atoms with Gasteiger partial charge < -0.3 is 20.5 Å². The summed E-state index contributed by atoms with van der Waals surface area (Å²) in [5.41, 5.74) is 0.0563. The summed E-state index contributed by atoms with van der Waals surface area (Å²) in [5.74, 6) is -0.547. The van der Waals surface area contributed by atoms with Crippen molar-refractivity contribution in [3.05, 3.63) is 60.4 Å². The standard InChI is InChI=1S/C21H26FN3O5S/c22-17-8-4-5-9-18(17)24-21(27)25-19-11-10-15(30-20(19)14-26)12-13-23-31(28,29)16-6-2-1-3-7-16/h1-9,15,19-20,23,26H,10-14H2,(H2,24,25,27)/t15-,19-,20+/m0/s1. The van der Waals surface area contributed by atoms with E-state index >= 15 is 0 Å². The van der Waals surface area contributed by atoms with E-state index < -0.39 is 34.0 Å². The van der Waals surface area contributed by atoms with Gasteiger partial charge in [-0.05, 0) is 43.5 Å². The Kier molecular flexibility index (Phi) is 7.97. The van der Waals surface area contributed by atoms with Crippen LogP contribution in [0.3, 0.4) is 0 Å². The second-order valence-electron chi connectivity index (χ2n) is 7.24. The molecule has 0 bridgehead atoms. The maximum absolute atomic E-state index is 13.7. The number of anilines is 1. The molecule has 1 heterocycles. The lowest BCUT2D eigenvalue weighted by Gasteiger charge is -2.36. The van der Waals surface area contributed by atoms with Crippen molar-refractivity contribution >= 4 is 21.7 Å². The van der Waals surface area contributed by atoms with Crippen molar-refractivity contribution in [2.24, 2.45) is 0 Å². The minimum Gasteiger partial charge on any atom is -0.394 e. The van der Waals surface area contributed by atoms with Crippen molar-refractivity contribution in [3.63, 3.8) is 0 Å². The van der Waals surface area contributed by atoms with Gasteiger partial charge in [-0.25, -0.2) is 22.3 Å². The van der Waals surface area contributed by atoms with Gasteiger partial charge in [-0.1, -0.05) is 30.3 Å². The summed E-state index contributed by atoms with van der Waals surface area (Å²) >= 11 is 0. The van der Waals surface area contributed by atoms with Crippen LogP contribution in [0.25, 0.3) is 0 Å². The van der Waals surface area contributed by atoms with Gasteiger partial charge in [0, 0.05) is 6.54 Å². The number of amides is 2. The number of urea groups is 1. The summed E-state index contributed by atoms with van der Waals surface area (Å²) in [7, 11) is -3.59. The summed E-state index contributed by atoms with van der Waals surface area (Å²) in [6, 6.07) is 12.9. The molecule has 8 nitrogen and oxygen atoms in total. The number of nitrogens with one attached hydrogen (secondary N) is 3. The maximum atomic E-state index is 13.7. The van der Waals surface area contributed by atoms with Gasteiger partial charge in [0.2, 0.25) is 10.0 Å². The first-order valence-electron chi connectivity index (χ1n) is 10.0. The zero-order chi connectivity index (χ0) is 22.3. The number of sulfonamides is 1. The van der Waals surface area contributed by atoms with Gasteiger partial charge in [-0.2, -0.15) is 0 Å². The molecule has 1 saturated heterocycles. The van der Waals surface area contributed by atoms with Gasteiger partial charge in [0.25, 0.3) is 0 Å². The van der Waals surface area contributed by atoms with Gasteiger partial charge in [0.15, 0.2) is 0 Å². The molecule has 4 N–H and O–H groups in total. The molecular weight excluding hydrogens is 425 g/mol. The quantitative estimate of drug-likeness (QED) is 0.491. The summed E-state index contributed by atoms with van der Waals surface area (Å²) in [6.45, 7) is -0.122. The maximum Gasteiger partial charge on any atom is 0.319 e. The first kappa shape index (κ1) is 23.1. The minimum absolute atomic E-state index is 0.0563. The van der Waals surface area contributed by atoms with Crippen LogP contribution in [-0.4, -0.2) is 51.0 Å². The SMILES string of the molecule is O=C(Nc1ccccc1F)N[C@H]1CC[C@@H](CCNS(=O)(=O)c2ccccc2)O[C@@H]1CO. The summed E-state index contributed by atoms with van der Waals surface area (Å²) in [6.07, 6.45) is 0.635. The molecule has 0 aromatic heterocycles. The van der Waals surface area contributed by atoms with E-state index in [1.807, 2.05) is 0 Å². The van der Waals surface area contributed by atoms with Crippen molar-refractivity contribution in [1.82, 2.24) is 10.0 Å². The smallest absolute Gasteiger partial charge is 0.319 e. The molecule has 2 amide bonds. The number of carbonyl (C=O) groups excluding carboxylic acids is 1. The number of hydrogen-bond acceptors (Lipinski definition) is 5. The van der Waals surface area contributed by atoms with E-state index in [2.05, 4.69) is 15.4 Å². The molecule has 0 saturated carbocycles. The molecule has 1 fully saturated rings. The summed E-state index contributed by atoms with van der Waals surface area (Å²) in [4.78, 5) is 12.4. The lowest BCUT2D eigenvalue weighted by Crippen LogP contribution is -2.52. The van der Waals surface area contributed by atoms with Crippen LogP contribution in [0, 0.1) is 5.82 Å². The predicted molar refractivity (Wildman–Crippen MR) is 114 cm³/mol. The highest BCUT2D eigenvalue weighted by Crippen LogP contribution is 2.22. The van der Waals surface area contributed by atoms with Gasteiger partial charge in [0.05, 0.1) is 29.3 Å². The van der Waals surface area contributed by atoms with Crippen LogP contribution >= 0.6 is 0 Å². The third-order valence-corrected chi connectivity index (χ3v) is 6.52. The predicted octanol–water partition coefficient (Wildman–Crippen LogP) is 2.22. The van der Waals surface area contributed by atoms with Gasteiger partial charge in [0.1, 0.15) is 11.9 Å². The average molecular weight is 452 g/mol. The number of aliphatic hydroxyl groups is 1. The van der Waals surface area contributed by atoms with E-state index in [0.717, 1.165) is 0 Å². The molecule has 10 heteroatoms. The molecule has 3 atom stereocenters. The van der Waals surface area contributed by atoms with E-state index in [1.54, 1.807) is 24.3 Å². The number of hydrogen-bond donors (Lipinski definition) is 4. The summed E-state index contributed by atoms with van der Waals surface area (Å²) < 4.78 is 46.6. The zero-order valence-corrected chi connectivity index (χ0v) is 17.6. The monoisotopic (exact) mass is 451 g/mol. The highest BCUT2D eigenvalue weighted by atomic mass is 32.2. The number of benzene rings is 2. The second kappa shape index (κ2) is 10.7. The number of para-hydroxylation sites is 1. The number of rotatable bonds is 8. The molecule has 31 heavy (non-hydrogen) atoms. The highest BCUT2D eigenvalue weighted by molar-refractivity contribution is 7.89. The Morgan fingerprint density at radius 2 is 1.81 bits per heavy atom. The Hall–Kier alpha value is -2.53. The fraction of sp³-hybridized carbons (Fsp3) is 0.381. The molecule has 0 aliphatic carbocycles. The van der Waals surface area contributed by atoms with Crippen molar-refractivity contribution in [3.8, 4) is 0 Å². The van der Waals surface area contributed by atoms with Crippen LogP contribution in [0.5, 0.6) is 0 Å². The van der Waals surface area contributed by atoms with Crippen LogP contribution in [0.4, 0.5) is 14.9 Å². The molecule has 0 radical (unpaired) electrons. The molecule has 1 aliphatic heterocycles. The molecule has 0 spiro atoms. The number of ether oxygens (including phenoxy) is 1. The van der Waals surface area contributed by atoms with Crippen LogP contribution in [0.2, 0.25) is 0 Å². The first-order chi connectivity index (χ1) is 14.9. The van der Waals surface area contributed by atoms with E-state index in [1.165, 1.54) is 30.3 Å². The van der Waals surface area contributed by atoms with Crippen LogP contribution in [0.1, 0.15) is 19.3 Å². The molecular formula is C21H26FN3O5S. The number of aliphatic hydroxyl groups excluding tert-OH is 1. The zero-order valence-electron chi connectivity index (χ0n) is 16.8. The minimum atomic E-state index is -3.59. The first-order valence-corrected chi connectivity index (χ1v) is 11.5. The number of halogens is 1. The molecule has 3 rings (SSSR count). The third kappa shape index (κ3) is 6.47. The molecule has 1 aliphatic rings. The van der Waals surface area contributed by atoms with Crippen molar-refractivity contribution < 1.29 is 27.4 Å². The van der Waals surface area contributed by atoms with E-state index in [0.29, 0.717) is 19.3 Å². The van der Waals surface area contributed by atoms with Crippen LogP contribution in [0.15, 0.2) is 59.5 Å². The average Bonchev–Trinajstić information content (AvgIpc) is 2.77. The highest BCUT2D eigenvalue weighted by Gasteiger charge is 2.32. The Labute approximate surface area is 180 Å². The van der Waals surface area contributed by atoms with Crippen molar-refractivity contribution in [1.29, 1.82) is 0 Å². The van der Waals surface area contributed by atoms with Gasteiger partial charge in [-0.15, -0.1) is 0 Å². The molecule has 0 unspecified atom stereocenters. The Balaban J connectivity index is 1.47. The largest absolute Gasteiger partial charge is 0.394 e. The fourth-order valence-corrected chi connectivity index (χ4v) is 4.50. The van der Waals surface area contributed by atoms with Gasteiger partial charge >= 0.3 is 6.03 Å². The summed E-state index contributed by atoms with van der Waals surface area (Å²) in [5, 5.41) is 14.8. The number of carbonyl (C=O) groups is 1. The lowest BCUT2D eigenvalue weighted by molar-refractivity contribution is -0.0884. The molecule has 2 aromatic rings. The van der Waals surface area contributed by atoms with E-state index in [4.69, 9.17) is 4.74 Å². The van der Waals surface area contributed by atoms with Crippen LogP contribution < -0.4 is 15.4 Å². The fourth-order valence-electron chi connectivity index (χ4n) is 3.44. The van der Waals surface area contributed by atoms with Crippen molar-refractivity contribution in [2.45, 2.75) is 42.4 Å². The van der Waals surface area contributed by atoms with E-state index in [-0.39, 0.29) is 29.8 Å². The Morgan fingerprint density at radius 1 is 1.10 bits per heavy atom. The van der Waals surface area contributed by atoms with E-state index in [9.17, 15) is 22.7 Å². The normalized spacial score (nSPS) is 21.4. The molecule has 2 aromatic carbocycles. The lowest BCUT2D eigenvalue weighted by atomic mass is 9.97. The van der Waals surface area contributed by atoms with Crippen molar-refractivity contribution in [2.75, 3.05) is 18.5 Å². The van der Waals surface area contributed by atoms with Gasteiger partial charge in [-0.3, -0.25) is 0 Å². The van der Waals surface area contributed by atoms with Crippen LogP contribution in [-0.2, 0) is 14.8 Å². The topological polar surface area (TPSA) is 117 Å².